The molecule has 0 aliphatic carbocycles. The van der Waals surface area contributed by atoms with Crippen molar-refractivity contribution in [3.05, 3.63) is 54.4 Å². The van der Waals surface area contributed by atoms with Gasteiger partial charge in [-0.2, -0.15) is 0 Å². The lowest BCUT2D eigenvalue weighted by molar-refractivity contribution is 0.0635. The zero-order chi connectivity index (χ0) is 25.4. The molecule has 1 heterocycles. The Bertz CT molecular complexity index is 1150. The fourth-order valence-electron chi connectivity index (χ4n) is 3.06. The van der Waals surface area contributed by atoms with Crippen molar-refractivity contribution in [3.63, 3.8) is 0 Å². The van der Waals surface area contributed by atoms with E-state index in [0.29, 0.717) is 41.7 Å². The number of carbonyl (C=O) groups is 2. The van der Waals surface area contributed by atoms with Crippen molar-refractivity contribution in [1.82, 2.24) is 10.3 Å². The first kappa shape index (κ1) is 25.4. The molecule has 0 fully saturated rings. The summed E-state index contributed by atoms with van der Waals surface area (Å²) in [5.74, 6) is 1.68. The fraction of sp³-hybridized carbons (Fsp3) is 0.320. The number of aromatic nitrogens is 1. The molecule has 0 aliphatic heterocycles. The number of oxazole rings is 1. The number of rotatable bonds is 8. The van der Waals surface area contributed by atoms with Crippen LogP contribution in [0.15, 0.2) is 53.1 Å². The maximum atomic E-state index is 12.3. The third-order valence-electron chi connectivity index (χ3n) is 4.65. The van der Waals surface area contributed by atoms with E-state index in [4.69, 9.17) is 18.6 Å². The highest BCUT2D eigenvalue weighted by Crippen LogP contribution is 2.28. The summed E-state index contributed by atoms with van der Waals surface area (Å²) in [6.07, 6.45) is 1.43. The first-order valence-corrected chi connectivity index (χ1v) is 11.0. The molecule has 186 valence electrons. The van der Waals surface area contributed by atoms with Gasteiger partial charge in [0.25, 0.3) is 0 Å². The van der Waals surface area contributed by atoms with E-state index in [1.807, 2.05) is 24.3 Å². The van der Waals surface area contributed by atoms with Crippen LogP contribution in [0.5, 0.6) is 11.5 Å². The molecule has 0 radical (unpaired) electrons. The molecule has 3 aromatic rings. The molecule has 0 saturated heterocycles. The van der Waals surface area contributed by atoms with E-state index in [9.17, 15) is 9.59 Å². The molecule has 3 rings (SSSR count). The van der Waals surface area contributed by atoms with Crippen molar-refractivity contribution in [2.24, 2.45) is 0 Å². The predicted octanol–water partition coefficient (Wildman–Crippen LogP) is 5.07. The van der Waals surface area contributed by atoms with Gasteiger partial charge >= 0.3 is 12.1 Å². The van der Waals surface area contributed by atoms with Crippen molar-refractivity contribution < 1.29 is 28.2 Å². The molecule has 1 aromatic heterocycles. The summed E-state index contributed by atoms with van der Waals surface area (Å²) in [7, 11) is 3.09. The van der Waals surface area contributed by atoms with Crippen LogP contribution in [0.1, 0.15) is 26.5 Å². The molecule has 35 heavy (non-hydrogen) atoms. The number of methoxy groups -OCH3 is 2. The lowest BCUT2D eigenvalue weighted by Gasteiger charge is -2.20. The molecule has 0 atom stereocenters. The van der Waals surface area contributed by atoms with Crippen LogP contribution in [0.4, 0.5) is 21.0 Å². The van der Waals surface area contributed by atoms with E-state index >= 15 is 0 Å². The Labute approximate surface area is 204 Å². The summed E-state index contributed by atoms with van der Waals surface area (Å²) in [6.45, 7) is 5.65. The van der Waals surface area contributed by atoms with E-state index in [1.165, 1.54) is 7.11 Å². The smallest absolute Gasteiger partial charge is 0.412 e. The van der Waals surface area contributed by atoms with Gasteiger partial charge < -0.3 is 29.3 Å². The van der Waals surface area contributed by atoms with Crippen molar-refractivity contribution in [3.8, 4) is 23.0 Å². The minimum absolute atomic E-state index is 0.347. The minimum Gasteiger partial charge on any atom is -0.497 e. The zero-order valence-corrected chi connectivity index (χ0v) is 20.4. The zero-order valence-electron chi connectivity index (χ0n) is 20.4. The second-order valence-electron chi connectivity index (χ2n) is 8.55. The number of anilines is 2. The number of carbonyl (C=O) groups excluding carboxylic acids is 2. The SMILES string of the molecule is COc1ccc(-c2nc(CCNC(=O)Nc3ccc(OC)c(NC(=O)OC(C)(C)C)c3)co2)cc1. The Morgan fingerprint density at radius 2 is 1.74 bits per heavy atom. The molecule has 3 N–H and O–H groups in total. The fourth-order valence-corrected chi connectivity index (χ4v) is 3.06. The summed E-state index contributed by atoms with van der Waals surface area (Å²) in [5.41, 5.74) is 1.74. The van der Waals surface area contributed by atoms with Crippen LogP contribution < -0.4 is 25.4 Å². The van der Waals surface area contributed by atoms with Gasteiger partial charge in [-0.3, -0.25) is 5.32 Å². The van der Waals surface area contributed by atoms with Crippen LogP contribution in [0.25, 0.3) is 11.5 Å². The van der Waals surface area contributed by atoms with Crippen molar-refractivity contribution in [2.75, 3.05) is 31.4 Å². The number of nitrogens with one attached hydrogen (secondary N) is 3. The van der Waals surface area contributed by atoms with Crippen molar-refractivity contribution in [2.45, 2.75) is 32.8 Å². The second-order valence-corrected chi connectivity index (χ2v) is 8.55. The van der Waals surface area contributed by atoms with Gasteiger partial charge in [0.1, 0.15) is 23.4 Å². The number of ether oxygens (including phenoxy) is 3. The molecule has 0 bridgehead atoms. The summed E-state index contributed by atoms with van der Waals surface area (Å²) in [5, 5.41) is 8.14. The highest BCUT2D eigenvalue weighted by Gasteiger charge is 2.18. The van der Waals surface area contributed by atoms with Gasteiger partial charge in [0.05, 0.1) is 25.6 Å². The third-order valence-corrected chi connectivity index (χ3v) is 4.65. The number of hydrogen-bond acceptors (Lipinski definition) is 7. The maximum absolute atomic E-state index is 12.3. The Morgan fingerprint density at radius 3 is 2.40 bits per heavy atom. The standard InChI is InChI=1S/C25H30N4O6/c1-25(2,3)35-24(31)29-20-14-17(8-11-21(20)33-5)28-23(30)26-13-12-18-15-34-22(27-18)16-6-9-19(32-4)10-7-16/h6-11,14-15H,12-13H2,1-5H3,(H,29,31)(H2,26,28,30). The van der Waals surface area contributed by atoms with Gasteiger partial charge in [0.2, 0.25) is 5.89 Å². The van der Waals surface area contributed by atoms with E-state index < -0.39 is 17.7 Å². The van der Waals surface area contributed by atoms with Gasteiger partial charge in [-0.1, -0.05) is 0 Å². The van der Waals surface area contributed by atoms with Crippen LogP contribution >= 0.6 is 0 Å². The van der Waals surface area contributed by atoms with Crippen LogP contribution in [0, 0.1) is 0 Å². The number of nitrogens with zero attached hydrogens (tertiary/aromatic N) is 1. The van der Waals surface area contributed by atoms with Crippen molar-refractivity contribution in [1.29, 1.82) is 0 Å². The maximum Gasteiger partial charge on any atom is 0.412 e. The number of benzene rings is 2. The molecule has 0 saturated carbocycles. The number of amides is 3. The Kier molecular flexibility index (Phi) is 8.19. The van der Waals surface area contributed by atoms with Gasteiger partial charge in [0, 0.05) is 24.2 Å². The van der Waals surface area contributed by atoms with Gasteiger partial charge in [-0.15, -0.1) is 0 Å². The van der Waals surface area contributed by atoms with Crippen LogP contribution in [-0.4, -0.2) is 43.5 Å². The van der Waals surface area contributed by atoms with E-state index in [1.54, 1.807) is 52.3 Å². The summed E-state index contributed by atoms with van der Waals surface area (Å²) >= 11 is 0. The molecular weight excluding hydrogens is 452 g/mol. The second kappa shape index (κ2) is 11.3. The minimum atomic E-state index is -0.647. The van der Waals surface area contributed by atoms with Crippen LogP contribution in [-0.2, 0) is 11.2 Å². The largest absolute Gasteiger partial charge is 0.497 e. The first-order valence-electron chi connectivity index (χ1n) is 11.0. The van der Waals surface area contributed by atoms with Gasteiger partial charge in [0.15, 0.2) is 0 Å². The van der Waals surface area contributed by atoms with Gasteiger partial charge in [-0.25, -0.2) is 14.6 Å². The third kappa shape index (κ3) is 7.66. The molecule has 2 aromatic carbocycles. The lowest BCUT2D eigenvalue weighted by Crippen LogP contribution is -2.30. The topological polar surface area (TPSA) is 124 Å². The number of hydrogen-bond donors (Lipinski definition) is 3. The van der Waals surface area contributed by atoms with Crippen LogP contribution in [0.3, 0.4) is 0 Å². The molecule has 0 aliphatic rings. The monoisotopic (exact) mass is 482 g/mol. The number of urea groups is 1. The van der Waals surface area contributed by atoms with Gasteiger partial charge in [-0.05, 0) is 63.2 Å². The average molecular weight is 483 g/mol. The lowest BCUT2D eigenvalue weighted by atomic mass is 10.2. The highest BCUT2D eigenvalue weighted by molar-refractivity contribution is 5.92. The van der Waals surface area contributed by atoms with E-state index in [-0.39, 0.29) is 0 Å². The molecule has 0 spiro atoms. The average Bonchev–Trinajstić information content (AvgIpc) is 3.27. The molecular formula is C25H30N4O6. The predicted molar refractivity (Wildman–Crippen MR) is 132 cm³/mol. The van der Waals surface area contributed by atoms with Crippen LogP contribution in [0.2, 0.25) is 0 Å². The quantitative estimate of drug-likeness (QED) is 0.409. The van der Waals surface area contributed by atoms with E-state index in [2.05, 4.69) is 20.9 Å². The van der Waals surface area contributed by atoms with Crippen molar-refractivity contribution >= 4 is 23.5 Å². The van der Waals surface area contributed by atoms with E-state index in [0.717, 1.165) is 11.3 Å². The Hall–Kier alpha value is -4.21. The highest BCUT2D eigenvalue weighted by atomic mass is 16.6. The normalized spacial score (nSPS) is 10.9. The summed E-state index contributed by atoms with van der Waals surface area (Å²) < 4.78 is 21.2. The first-order chi connectivity index (χ1) is 16.7. The molecule has 10 heteroatoms. The summed E-state index contributed by atoms with van der Waals surface area (Å²) in [6, 6.07) is 11.9. The molecule has 10 nitrogen and oxygen atoms in total. The Balaban J connectivity index is 1.52. The molecule has 3 amide bonds. The molecule has 0 unspecified atom stereocenters. The Morgan fingerprint density at radius 1 is 1.00 bits per heavy atom. The summed E-state index contributed by atoms with van der Waals surface area (Å²) in [4.78, 5) is 28.9.